The minimum absolute atomic E-state index is 0.284. The molecule has 0 spiro atoms. The van der Waals surface area contributed by atoms with Crippen LogP contribution in [-0.4, -0.2) is 16.7 Å². The first-order chi connectivity index (χ1) is 10.0. The van der Waals surface area contributed by atoms with Gasteiger partial charge in [0, 0.05) is 17.9 Å². The topological polar surface area (TPSA) is 49.8 Å². The van der Waals surface area contributed by atoms with E-state index in [4.69, 9.17) is 0 Å². The summed E-state index contributed by atoms with van der Waals surface area (Å²) < 4.78 is 37.2. The molecule has 2 aromatic rings. The smallest absolute Gasteiger partial charge is 0.385 e. The lowest BCUT2D eigenvalue weighted by molar-refractivity contribution is -0.141. The molecule has 4 nitrogen and oxygen atoms in total. The summed E-state index contributed by atoms with van der Waals surface area (Å²) in [6, 6.07) is 7.97. The Morgan fingerprint density at radius 2 is 1.95 bits per heavy atom. The lowest BCUT2D eigenvalue weighted by Gasteiger charge is -2.18. The second-order valence-electron chi connectivity index (χ2n) is 4.83. The maximum atomic E-state index is 12.4. The van der Waals surface area contributed by atoms with Gasteiger partial charge in [-0.05, 0) is 48.7 Å². The SMILES string of the molecule is FC(F)(F)c1ccc(Nc2ccc3c(c2)CCCN3)nn1. The average molecular weight is 294 g/mol. The maximum Gasteiger partial charge on any atom is 0.435 e. The third kappa shape index (κ3) is 3.07. The molecule has 0 bridgehead atoms. The van der Waals surface area contributed by atoms with E-state index < -0.39 is 11.9 Å². The summed E-state index contributed by atoms with van der Waals surface area (Å²) in [5.41, 5.74) is 2.07. The van der Waals surface area contributed by atoms with Crippen LogP contribution in [0.2, 0.25) is 0 Å². The summed E-state index contributed by atoms with van der Waals surface area (Å²) in [7, 11) is 0. The minimum Gasteiger partial charge on any atom is -0.385 e. The molecule has 0 radical (unpaired) electrons. The molecule has 0 aliphatic carbocycles. The van der Waals surface area contributed by atoms with E-state index in [9.17, 15) is 13.2 Å². The Hall–Kier alpha value is -2.31. The van der Waals surface area contributed by atoms with Crippen molar-refractivity contribution in [2.24, 2.45) is 0 Å². The van der Waals surface area contributed by atoms with Crippen LogP contribution in [-0.2, 0) is 12.6 Å². The Labute approximate surface area is 119 Å². The molecule has 1 aliphatic rings. The van der Waals surface area contributed by atoms with E-state index in [0.717, 1.165) is 36.8 Å². The van der Waals surface area contributed by atoms with Gasteiger partial charge in [-0.2, -0.15) is 13.2 Å². The van der Waals surface area contributed by atoms with E-state index in [-0.39, 0.29) is 5.82 Å². The van der Waals surface area contributed by atoms with E-state index in [1.165, 1.54) is 11.6 Å². The number of alkyl halides is 3. The first-order valence-corrected chi connectivity index (χ1v) is 6.57. The van der Waals surface area contributed by atoms with Crippen LogP contribution in [0.3, 0.4) is 0 Å². The molecule has 0 saturated heterocycles. The second-order valence-corrected chi connectivity index (χ2v) is 4.83. The van der Waals surface area contributed by atoms with Gasteiger partial charge in [0.15, 0.2) is 11.5 Å². The van der Waals surface area contributed by atoms with Crippen molar-refractivity contribution in [2.75, 3.05) is 17.2 Å². The van der Waals surface area contributed by atoms with Crippen LogP contribution in [0.5, 0.6) is 0 Å². The molecule has 110 valence electrons. The monoisotopic (exact) mass is 294 g/mol. The number of hydrogen-bond donors (Lipinski definition) is 2. The van der Waals surface area contributed by atoms with Crippen LogP contribution in [0.1, 0.15) is 17.7 Å². The van der Waals surface area contributed by atoms with Gasteiger partial charge in [0.1, 0.15) is 0 Å². The number of rotatable bonds is 2. The Morgan fingerprint density at radius 1 is 1.10 bits per heavy atom. The fourth-order valence-corrected chi connectivity index (χ4v) is 2.25. The molecule has 0 saturated carbocycles. The minimum atomic E-state index is -4.47. The van der Waals surface area contributed by atoms with Crippen LogP contribution in [0, 0.1) is 0 Å². The van der Waals surface area contributed by atoms with Crippen molar-refractivity contribution >= 4 is 17.2 Å². The van der Waals surface area contributed by atoms with Gasteiger partial charge in [-0.1, -0.05) is 0 Å². The van der Waals surface area contributed by atoms with Gasteiger partial charge in [0.25, 0.3) is 0 Å². The molecule has 21 heavy (non-hydrogen) atoms. The van der Waals surface area contributed by atoms with Crippen molar-refractivity contribution in [1.82, 2.24) is 10.2 Å². The molecule has 0 amide bonds. The summed E-state index contributed by atoms with van der Waals surface area (Å²) in [4.78, 5) is 0. The zero-order valence-corrected chi connectivity index (χ0v) is 11.0. The van der Waals surface area contributed by atoms with Crippen LogP contribution < -0.4 is 10.6 Å². The highest BCUT2D eigenvalue weighted by atomic mass is 19.4. The van der Waals surface area contributed by atoms with Crippen molar-refractivity contribution < 1.29 is 13.2 Å². The average Bonchev–Trinajstić information content (AvgIpc) is 2.47. The summed E-state index contributed by atoms with van der Waals surface area (Å²) in [6.45, 7) is 0.962. The van der Waals surface area contributed by atoms with Gasteiger partial charge < -0.3 is 10.6 Å². The van der Waals surface area contributed by atoms with Gasteiger partial charge in [0.05, 0.1) is 0 Å². The molecule has 2 heterocycles. The number of nitrogens with one attached hydrogen (secondary N) is 2. The number of anilines is 3. The highest BCUT2D eigenvalue weighted by Gasteiger charge is 2.32. The third-order valence-electron chi connectivity index (χ3n) is 3.27. The predicted octanol–water partition coefficient (Wildman–Crippen LogP) is 3.60. The van der Waals surface area contributed by atoms with Crippen molar-refractivity contribution in [3.63, 3.8) is 0 Å². The first-order valence-electron chi connectivity index (χ1n) is 6.57. The van der Waals surface area contributed by atoms with E-state index in [1.807, 2.05) is 18.2 Å². The number of hydrogen-bond acceptors (Lipinski definition) is 4. The third-order valence-corrected chi connectivity index (χ3v) is 3.27. The van der Waals surface area contributed by atoms with Crippen LogP contribution in [0.25, 0.3) is 0 Å². The van der Waals surface area contributed by atoms with Crippen LogP contribution in [0.4, 0.5) is 30.4 Å². The lowest BCUT2D eigenvalue weighted by Crippen LogP contribution is -2.12. The normalized spacial score (nSPS) is 14.2. The highest BCUT2D eigenvalue weighted by molar-refractivity contribution is 5.64. The molecule has 0 unspecified atom stereocenters. The highest BCUT2D eigenvalue weighted by Crippen LogP contribution is 2.29. The van der Waals surface area contributed by atoms with Crippen LogP contribution >= 0.6 is 0 Å². The molecule has 7 heteroatoms. The summed E-state index contributed by atoms with van der Waals surface area (Å²) in [6.07, 6.45) is -2.42. The second kappa shape index (κ2) is 5.23. The quantitative estimate of drug-likeness (QED) is 0.888. The van der Waals surface area contributed by atoms with Gasteiger partial charge in [0.2, 0.25) is 0 Å². The summed E-state index contributed by atoms with van der Waals surface area (Å²) in [5.74, 6) is 0.284. The van der Waals surface area contributed by atoms with Gasteiger partial charge in [-0.3, -0.25) is 0 Å². The maximum absolute atomic E-state index is 12.4. The van der Waals surface area contributed by atoms with Crippen molar-refractivity contribution in [3.05, 3.63) is 41.6 Å². The van der Waals surface area contributed by atoms with E-state index >= 15 is 0 Å². The number of aryl methyl sites for hydroxylation is 1. The lowest BCUT2D eigenvalue weighted by atomic mass is 10.0. The molecule has 2 N–H and O–H groups in total. The van der Waals surface area contributed by atoms with E-state index in [0.29, 0.717) is 0 Å². The fourth-order valence-electron chi connectivity index (χ4n) is 2.25. The molecule has 0 atom stereocenters. The number of nitrogens with zero attached hydrogens (tertiary/aromatic N) is 2. The largest absolute Gasteiger partial charge is 0.435 e. The zero-order valence-electron chi connectivity index (χ0n) is 11.0. The zero-order chi connectivity index (χ0) is 14.9. The number of benzene rings is 1. The molecule has 1 aromatic heterocycles. The predicted molar refractivity (Wildman–Crippen MR) is 73.6 cm³/mol. The van der Waals surface area contributed by atoms with Crippen LogP contribution in [0.15, 0.2) is 30.3 Å². The van der Waals surface area contributed by atoms with Crippen molar-refractivity contribution in [3.8, 4) is 0 Å². The Balaban J connectivity index is 1.77. The van der Waals surface area contributed by atoms with Crippen molar-refractivity contribution in [2.45, 2.75) is 19.0 Å². The van der Waals surface area contributed by atoms with Crippen molar-refractivity contribution in [1.29, 1.82) is 0 Å². The molecular weight excluding hydrogens is 281 g/mol. The Bertz CT molecular complexity index is 638. The first kappa shape index (κ1) is 13.7. The Kier molecular flexibility index (Phi) is 3.40. The van der Waals surface area contributed by atoms with E-state index in [1.54, 1.807) is 0 Å². The number of aromatic nitrogens is 2. The molecule has 3 rings (SSSR count). The van der Waals surface area contributed by atoms with Gasteiger partial charge >= 0.3 is 6.18 Å². The number of fused-ring (bicyclic) bond motifs is 1. The standard InChI is InChI=1S/C14H13F3N4/c15-14(16,17)12-5-6-13(21-20-12)19-10-3-4-11-9(8-10)2-1-7-18-11/h3-6,8,18H,1-2,7H2,(H,19,21). The molecule has 0 fully saturated rings. The summed E-state index contributed by atoms with van der Waals surface area (Å²) in [5, 5.41) is 13.0. The Morgan fingerprint density at radius 3 is 2.67 bits per heavy atom. The fraction of sp³-hybridized carbons (Fsp3) is 0.286. The van der Waals surface area contributed by atoms with Gasteiger partial charge in [-0.15, -0.1) is 10.2 Å². The summed E-state index contributed by atoms with van der Waals surface area (Å²) >= 11 is 0. The molecule has 1 aromatic carbocycles. The molecular formula is C14H13F3N4. The number of halogens is 3. The van der Waals surface area contributed by atoms with Gasteiger partial charge in [-0.25, -0.2) is 0 Å². The molecule has 1 aliphatic heterocycles. The van der Waals surface area contributed by atoms with E-state index in [2.05, 4.69) is 20.8 Å².